The third-order valence-corrected chi connectivity index (χ3v) is 2.42. The second-order valence-electron chi connectivity index (χ2n) is 3.29. The summed E-state index contributed by atoms with van der Waals surface area (Å²) >= 11 is 5.37. The van der Waals surface area contributed by atoms with Gasteiger partial charge in [0.1, 0.15) is 5.88 Å². The molecule has 2 aromatic rings. The van der Waals surface area contributed by atoms with Crippen LogP contribution in [-0.2, 0) is 4.79 Å². The number of pyridine rings is 1. The van der Waals surface area contributed by atoms with Gasteiger partial charge in [0.05, 0.1) is 0 Å². The van der Waals surface area contributed by atoms with Crippen LogP contribution in [0, 0.1) is 0 Å². The summed E-state index contributed by atoms with van der Waals surface area (Å²) < 4.78 is 0. The molecule has 0 aliphatic rings. The number of amides is 1. The molecule has 0 saturated heterocycles. The second kappa shape index (κ2) is 4.37. The molecular formula is C11H9ClN2O2. The maximum absolute atomic E-state index is 11.5. The minimum atomic E-state index is -0.298. The molecule has 1 aromatic carbocycles. The molecule has 0 saturated carbocycles. The fraction of sp³-hybridized carbons (Fsp3) is 0.0909. The quantitative estimate of drug-likeness (QED) is 0.780. The Bertz CT molecular complexity index is 592. The Kier molecular flexibility index (Phi) is 2.92. The Balaban J connectivity index is 2.47. The summed E-state index contributed by atoms with van der Waals surface area (Å²) in [5, 5.41) is 3.95. The van der Waals surface area contributed by atoms with Gasteiger partial charge in [-0.3, -0.25) is 9.59 Å². The summed E-state index contributed by atoms with van der Waals surface area (Å²) in [6.07, 6.45) is 1.59. The Morgan fingerprint density at radius 2 is 2.19 bits per heavy atom. The maximum atomic E-state index is 11.5. The molecule has 1 aromatic heterocycles. The molecule has 82 valence electrons. The van der Waals surface area contributed by atoms with Gasteiger partial charge in [-0.15, -0.1) is 11.6 Å². The normalized spacial score (nSPS) is 10.3. The van der Waals surface area contributed by atoms with Crippen LogP contribution in [0.2, 0.25) is 0 Å². The number of hydrogen-bond donors (Lipinski definition) is 2. The minimum Gasteiger partial charge on any atom is -0.329 e. The van der Waals surface area contributed by atoms with Crippen molar-refractivity contribution < 1.29 is 4.79 Å². The molecule has 0 spiro atoms. The van der Waals surface area contributed by atoms with E-state index in [-0.39, 0.29) is 17.3 Å². The lowest BCUT2D eigenvalue weighted by Gasteiger charge is -2.03. The molecule has 0 unspecified atom stereocenters. The van der Waals surface area contributed by atoms with Gasteiger partial charge < -0.3 is 10.3 Å². The highest BCUT2D eigenvalue weighted by Gasteiger charge is 2.02. The Morgan fingerprint density at radius 3 is 2.94 bits per heavy atom. The zero-order valence-electron chi connectivity index (χ0n) is 8.29. The van der Waals surface area contributed by atoms with E-state index in [2.05, 4.69) is 10.3 Å². The van der Waals surface area contributed by atoms with E-state index in [1.54, 1.807) is 30.5 Å². The van der Waals surface area contributed by atoms with Crippen molar-refractivity contribution in [1.29, 1.82) is 0 Å². The lowest BCUT2D eigenvalue weighted by atomic mass is 10.1. The number of halogens is 1. The van der Waals surface area contributed by atoms with Crippen molar-refractivity contribution in [2.24, 2.45) is 0 Å². The highest BCUT2D eigenvalue weighted by Crippen LogP contribution is 2.15. The number of hydrogen-bond acceptors (Lipinski definition) is 2. The molecule has 4 nitrogen and oxygen atoms in total. The van der Waals surface area contributed by atoms with E-state index in [0.717, 1.165) is 5.39 Å². The summed E-state index contributed by atoms with van der Waals surface area (Å²) in [5.41, 5.74) is 0.384. The molecule has 0 aliphatic carbocycles. The van der Waals surface area contributed by atoms with Crippen LogP contribution in [0.4, 0.5) is 5.69 Å². The van der Waals surface area contributed by atoms with E-state index in [9.17, 15) is 9.59 Å². The second-order valence-corrected chi connectivity index (χ2v) is 3.56. The van der Waals surface area contributed by atoms with Crippen molar-refractivity contribution in [2.45, 2.75) is 0 Å². The number of carbonyl (C=O) groups is 1. The van der Waals surface area contributed by atoms with Gasteiger partial charge in [-0.05, 0) is 23.6 Å². The number of carbonyl (C=O) groups excluding carboxylic acids is 1. The van der Waals surface area contributed by atoms with E-state index in [1.165, 1.54) is 0 Å². The molecule has 0 fully saturated rings. The first-order valence-corrected chi connectivity index (χ1v) is 5.21. The largest absolute Gasteiger partial charge is 0.329 e. The molecule has 2 N–H and O–H groups in total. The number of fused-ring (bicyclic) bond motifs is 1. The van der Waals surface area contributed by atoms with Gasteiger partial charge in [-0.1, -0.05) is 6.07 Å². The van der Waals surface area contributed by atoms with Crippen LogP contribution >= 0.6 is 11.6 Å². The number of nitrogens with one attached hydrogen (secondary N) is 2. The molecular weight excluding hydrogens is 228 g/mol. The Hall–Kier alpha value is -1.81. The first kappa shape index (κ1) is 10.7. The van der Waals surface area contributed by atoms with Crippen LogP contribution < -0.4 is 10.9 Å². The highest BCUT2D eigenvalue weighted by molar-refractivity contribution is 6.29. The van der Waals surface area contributed by atoms with E-state index >= 15 is 0 Å². The van der Waals surface area contributed by atoms with Gasteiger partial charge >= 0.3 is 0 Å². The minimum absolute atomic E-state index is 0.108. The van der Waals surface area contributed by atoms with Crippen LogP contribution in [0.1, 0.15) is 0 Å². The number of anilines is 1. The van der Waals surface area contributed by atoms with Gasteiger partial charge in [0.2, 0.25) is 5.91 Å². The predicted molar refractivity (Wildman–Crippen MR) is 63.9 cm³/mol. The van der Waals surface area contributed by atoms with Crippen molar-refractivity contribution in [3.63, 3.8) is 0 Å². The number of rotatable bonds is 2. The lowest BCUT2D eigenvalue weighted by molar-refractivity contribution is -0.113. The predicted octanol–water partition coefficient (Wildman–Crippen LogP) is 1.71. The van der Waals surface area contributed by atoms with Crippen LogP contribution in [0.15, 0.2) is 35.3 Å². The van der Waals surface area contributed by atoms with Crippen molar-refractivity contribution in [2.75, 3.05) is 11.2 Å². The Morgan fingerprint density at radius 1 is 1.38 bits per heavy atom. The zero-order valence-corrected chi connectivity index (χ0v) is 9.04. The summed E-state index contributed by atoms with van der Waals surface area (Å²) in [6.45, 7) is 0. The average Bonchev–Trinajstić information content (AvgIpc) is 2.30. The Labute approximate surface area is 96.2 Å². The molecule has 5 heteroatoms. The zero-order chi connectivity index (χ0) is 11.5. The molecule has 0 bridgehead atoms. The summed E-state index contributed by atoms with van der Waals surface area (Å²) in [6, 6.07) is 6.92. The molecule has 0 aliphatic heterocycles. The molecule has 1 amide bonds. The number of aromatic amines is 1. The standard InChI is InChI=1S/C11H9ClN2O2/c12-6-10(15)14-8-2-1-7-3-4-13-11(16)9(7)5-8/h1-5H,6H2,(H,13,16)(H,14,15). The summed E-state index contributed by atoms with van der Waals surface area (Å²) in [7, 11) is 0. The SMILES string of the molecule is O=C(CCl)Nc1ccc2cc[nH]c(=O)c2c1. The molecule has 16 heavy (non-hydrogen) atoms. The van der Waals surface area contributed by atoms with E-state index in [0.29, 0.717) is 11.1 Å². The number of aromatic nitrogens is 1. The fourth-order valence-electron chi connectivity index (χ4n) is 1.46. The fourth-order valence-corrected chi connectivity index (χ4v) is 1.52. The van der Waals surface area contributed by atoms with Gasteiger partial charge in [0.15, 0.2) is 0 Å². The number of H-pyrrole nitrogens is 1. The van der Waals surface area contributed by atoms with Crippen LogP contribution in [0.5, 0.6) is 0 Å². The first-order valence-electron chi connectivity index (χ1n) is 4.68. The summed E-state index contributed by atoms with van der Waals surface area (Å²) in [4.78, 5) is 25.1. The highest BCUT2D eigenvalue weighted by atomic mass is 35.5. The number of benzene rings is 1. The van der Waals surface area contributed by atoms with Crippen LogP contribution in [-0.4, -0.2) is 16.8 Å². The molecule has 2 rings (SSSR count). The first-order chi connectivity index (χ1) is 7.70. The van der Waals surface area contributed by atoms with E-state index in [4.69, 9.17) is 11.6 Å². The van der Waals surface area contributed by atoms with Gasteiger partial charge in [-0.2, -0.15) is 0 Å². The van der Waals surface area contributed by atoms with Crippen LogP contribution in [0.25, 0.3) is 10.8 Å². The molecule has 0 radical (unpaired) electrons. The lowest BCUT2D eigenvalue weighted by Crippen LogP contribution is -2.13. The average molecular weight is 237 g/mol. The van der Waals surface area contributed by atoms with E-state index < -0.39 is 0 Å². The van der Waals surface area contributed by atoms with Gasteiger partial charge in [0.25, 0.3) is 5.56 Å². The van der Waals surface area contributed by atoms with Crippen molar-refractivity contribution in [3.05, 3.63) is 40.8 Å². The van der Waals surface area contributed by atoms with Gasteiger partial charge in [0, 0.05) is 17.3 Å². The number of alkyl halides is 1. The third-order valence-electron chi connectivity index (χ3n) is 2.18. The smallest absolute Gasteiger partial charge is 0.255 e. The van der Waals surface area contributed by atoms with Crippen molar-refractivity contribution in [3.8, 4) is 0 Å². The van der Waals surface area contributed by atoms with Crippen molar-refractivity contribution >= 4 is 34.0 Å². The maximum Gasteiger partial charge on any atom is 0.255 e. The topological polar surface area (TPSA) is 62.0 Å². The summed E-state index contributed by atoms with van der Waals surface area (Å²) in [5.74, 6) is -0.406. The van der Waals surface area contributed by atoms with Gasteiger partial charge in [-0.25, -0.2) is 0 Å². The van der Waals surface area contributed by atoms with Crippen LogP contribution in [0.3, 0.4) is 0 Å². The van der Waals surface area contributed by atoms with E-state index in [1.807, 2.05) is 0 Å². The molecule has 1 heterocycles. The monoisotopic (exact) mass is 236 g/mol. The third kappa shape index (κ3) is 2.06. The van der Waals surface area contributed by atoms with Crippen molar-refractivity contribution in [1.82, 2.24) is 4.98 Å². The molecule has 0 atom stereocenters.